The van der Waals surface area contributed by atoms with Crippen LogP contribution in [0.3, 0.4) is 0 Å². The molecule has 1 saturated heterocycles. The molecule has 0 unspecified atom stereocenters. The first-order valence-corrected chi connectivity index (χ1v) is 12.7. The molecule has 0 spiro atoms. The maximum Gasteiger partial charge on any atom is 0.246 e. The Morgan fingerprint density at radius 3 is 2.68 bits per heavy atom. The van der Waals surface area contributed by atoms with Crippen molar-refractivity contribution in [3.05, 3.63) is 34.8 Å². The first kappa shape index (κ1) is 21.9. The molecule has 1 fully saturated rings. The number of amides is 2. The highest BCUT2D eigenvalue weighted by Gasteiger charge is 2.31. The molecule has 2 amide bonds. The highest BCUT2D eigenvalue weighted by atomic mass is 32.2. The molecule has 166 valence electrons. The van der Waals surface area contributed by atoms with E-state index in [9.17, 15) is 18.0 Å². The van der Waals surface area contributed by atoms with Crippen LogP contribution in [0, 0.1) is 12.8 Å². The second-order valence-electron chi connectivity index (χ2n) is 8.20. The highest BCUT2D eigenvalue weighted by Crippen LogP contribution is 2.32. The third-order valence-electron chi connectivity index (χ3n) is 5.80. The summed E-state index contributed by atoms with van der Waals surface area (Å²) in [7, 11) is -3.57. The lowest BCUT2D eigenvalue weighted by molar-refractivity contribution is -0.121. The number of rotatable bonds is 5. The number of benzene rings is 1. The number of hydrogen-bond acceptors (Lipinski definition) is 6. The van der Waals surface area contributed by atoms with Crippen LogP contribution in [0.25, 0.3) is 0 Å². The van der Waals surface area contributed by atoms with Gasteiger partial charge in [-0.1, -0.05) is 6.92 Å². The molecular weight excluding hydrogens is 436 g/mol. The average Bonchev–Trinajstić information content (AvgIpc) is 3.14. The molecule has 8 nitrogen and oxygen atoms in total. The number of hydrogen-bond donors (Lipinski definition) is 1. The van der Waals surface area contributed by atoms with Crippen LogP contribution in [0.1, 0.15) is 37.4 Å². The molecule has 4 rings (SSSR count). The fraction of sp³-hybridized carbons (Fsp3) is 0.476. The second kappa shape index (κ2) is 8.68. The average molecular weight is 463 g/mol. The van der Waals surface area contributed by atoms with Crippen LogP contribution in [-0.2, 0) is 26.0 Å². The van der Waals surface area contributed by atoms with Gasteiger partial charge in [-0.15, -0.1) is 11.3 Å². The lowest BCUT2D eigenvalue weighted by Crippen LogP contribution is -2.41. The van der Waals surface area contributed by atoms with Crippen molar-refractivity contribution in [3.63, 3.8) is 0 Å². The molecule has 2 aliphatic heterocycles. The second-order valence-corrected chi connectivity index (χ2v) is 11.0. The van der Waals surface area contributed by atoms with Gasteiger partial charge in [0.05, 0.1) is 10.6 Å². The molecule has 0 aliphatic carbocycles. The summed E-state index contributed by atoms with van der Waals surface area (Å²) in [6.45, 7) is 4.90. The van der Waals surface area contributed by atoms with E-state index in [0.29, 0.717) is 36.2 Å². The van der Waals surface area contributed by atoms with E-state index < -0.39 is 10.0 Å². The van der Waals surface area contributed by atoms with E-state index in [2.05, 4.69) is 17.2 Å². The van der Waals surface area contributed by atoms with Gasteiger partial charge in [0.2, 0.25) is 21.8 Å². The van der Waals surface area contributed by atoms with Crippen molar-refractivity contribution in [2.45, 2.75) is 44.4 Å². The lowest BCUT2D eigenvalue weighted by Gasteiger charge is -2.31. The molecule has 10 heteroatoms. The molecule has 2 aromatic rings. The molecule has 31 heavy (non-hydrogen) atoms. The number of thiazole rings is 1. The molecular formula is C21H26N4O4S2. The van der Waals surface area contributed by atoms with Crippen molar-refractivity contribution < 1.29 is 18.0 Å². The summed E-state index contributed by atoms with van der Waals surface area (Å²) in [4.78, 5) is 30.9. The van der Waals surface area contributed by atoms with Gasteiger partial charge in [0.15, 0.2) is 5.13 Å². The Hall–Kier alpha value is -2.30. The molecule has 1 N–H and O–H groups in total. The molecule has 0 bridgehead atoms. The summed E-state index contributed by atoms with van der Waals surface area (Å²) in [5.41, 5.74) is 2.17. The van der Waals surface area contributed by atoms with Crippen molar-refractivity contribution in [2.24, 2.45) is 5.92 Å². The number of nitrogens with zero attached hydrogens (tertiary/aromatic N) is 3. The van der Waals surface area contributed by atoms with Crippen LogP contribution >= 0.6 is 11.3 Å². The number of piperidine rings is 1. The van der Waals surface area contributed by atoms with E-state index in [4.69, 9.17) is 0 Å². The molecule has 3 heterocycles. The van der Waals surface area contributed by atoms with E-state index in [0.717, 1.165) is 24.1 Å². The maximum absolute atomic E-state index is 13.1. The van der Waals surface area contributed by atoms with Gasteiger partial charge in [-0.05, 0) is 55.9 Å². The maximum atomic E-state index is 13.1. The summed E-state index contributed by atoms with van der Waals surface area (Å²) in [5.74, 6) is 0.0438. The third-order valence-corrected chi connectivity index (χ3v) is 8.57. The van der Waals surface area contributed by atoms with Gasteiger partial charge < -0.3 is 10.2 Å². The van der Waals surface area contributed by atoms with Crippen LogP contribution in [-0.4, -0.2) is 49.2 Å². The van der Waals surface area contributed by atoms with Crippen molar-refractivity contribution in [2.75, 3.05) is 29.9 Å². The molecule has 0 radical (unpaired) electrons. The Morgan fingerprint density at radius 1 is 1.26 bits per heavy atom. The standard InChI is InChI=1S/C21H26N4O4S2/c1-14-7-9-24(10-8-14)31(28,29)17-4-5-18-16(11-17)3-6-20(27)25(18)12-19(26)23-21-22-15(2)13-30-21/h4-5,11,13-14H,3,6-10,12H2,1-2H3,(H,22,23,26). The van der Waals surface area contributed by atoms with E-state index in [1.165, 1.54) is 16.2 Å². The van der Waals surface area contributed by atoms with Crippen LogP contribution < -0.4 is 10.2 Å². The van der Waals surface area contributed by atoms with E-state index in [1.807, 2.05) is 12.3 Å². The fourth-order valence-electron chi connectivity index (χ4n) is 3.96. The number of carbonyl (C=O) groups is 2. The van der Waals surface area contributed by atoms with Crippen LogP contribution in [0.2, 0.25) is 0 Å². The van der Waals surface area contributed by atoms with Crippen molar-refractivity contribution in [1.82, 2.24) is 9.29 Å². The van der Waals surface area contributed by atoms with Gasteiger partial charge in [0.25, 0.3) is 0 Å². The van der Waals surface area contributed by atoms with Gasteiger partial charge >= 0.3 is 0 Å². The number of anilines is 2. The van der Waals surface area contributed by atoms with Crippen LogP contribution in [0.5, 0.6) is 0 Å². The number of fused-ring (bicyclic) bond motifs is 1. The first-order chi connectivity index (χ1) is 14.7. The molecule has 0 saturated carbocycles. The zero-order valence-electron chi connectivity index (χ0n) is 17.6. The van der Waals surface area contributed by atoms with Crippen LogP contribution in [0.15, 0.2) is 28.5 Å². The molecule has 1 aromatic carbocycles. The summed E-state index contributed by atoms with van der Waals surface area (Å²) in [5, 5.41) is 5.04. The van der Waals surface area contributed by atoms with Crippen molar-refractivity contribution >= 4 is 44.0 Å². The number of carbonyl (C=O) groups excluding carboxylic acids is 2. The van der Waals surface area contributed by atoms with E-state index >= 15 is 0 Å². The molecule has 0 atom stereocenters. The summed E-state index contributed by atoms with van der Waals surface area (Å²) in [6, 6.07) is 4.84. The third kappa shape index (κ3) is 4.65. The van der Waals surface area contributed by atoms with E-state index in [1.54, 1.807) is 22.5 Å². The smallest absolute Gasteiger partial charge is 0.246 e. The summed E-state index contributed by atoms with van der Waals surface area (Å²) >= 11 is 1.33. The highest BCUT2D eigenvalue weighted by molar-refractivity contribution is 7.89. The summed E-state index contributed by atoms with van der Waals surface area (Å²) < 4.78 is 27.7. The van der Waals surface area contributed by atoms with Crippen molar-refractivity contribution in [3.8, 4) is 0 Å². The number of nitrogens with one attached hydrogen (secondary N) is 1. The first-order valence-electron chi connectivity index (χ1n) is 10.4. The monoisotopic (exact) mass is 462 g/mol. The number of aryl methyl sites for hydroxylation is 2. The van der Waals surface area contributed by atoms with Crippen LogP contribution in [0.4, 0.5) is 10.8 Å². The van der Waals surface area contributed by atoms with Gasteiger partial charge in [0.1, 0.15) is 6.54 Å². The predicted octanol–water partition coefficient (Wildman–Crippen LogP) is 2.79. The minimum atomic E-state index is -3.57. The zero-order chi connectivity index (χ0) is 22.2. The lowest BCUT2D eigenvalue weighted by atomic mass is 10.0. The van der Waals surface area contributed by atoms with Gasteiger partial charge in [-0.3, -0.25) is 9.59 Å². The number of sulfonamides is 1. The van der Waals surface area contributed by atoms with E-state index in [-0.39, 0.29) is 29.7 Å². The van der Waals surface area contributed by atoms with Gasteiger partial charge in [0, 0.05) is 30.6 Å². The Morgan fingerprint density at radius 2 is 2.00 bits per heavy atom. The predicted molar refractivity (Wildman–Crippen MR) is 120 cm³/mol. The normalized spacial score (nSPS) is 18.1. The molecule has 2 aliphatic rings. The van der Waals surface area contributed by atoms with Gasteiger partial charge in [-0.25, -0.2) is 13.4 Å². The van der Waals surface area contributed by atoms with Crippen molar-refractivity contribution in [1.29, 1.82) is 0 Å². The Balaban J connectivity index is 1.53. The Labute approximate surface area is 186 Å². The Kier molecular flexibility index (Phi) is 6.14. The quantitative estimate of drug-likeness (QED) is 0.737. The Bertz CT molecular complexity index is 1100. The summed E-state index contributed by atoms with van der Waals surface area (Å²) in [6.07, 6.45) is 2.42. The molecule has 1 aromatic heterocycles. The number of aromatic nitrogens is 1. The minimum absolute atomic E-state index is 0.138. The fourth-order valence-corrected chi connectivity index (χ4v) is 6.18. The topological polar surface area (TPSA) is 99.7 Å². The minimum Gasteiger partial charge on any atom is -0.303 e. The van der Waals surface area contributed by atoms with Gasteiger partial charge in [-0.2, -0.15) is 4.31 Å². The largest absolute Gasteiger partial charge is 0.303 e. The zero-order valence-corrected chi connectivity index (χ0v) is 19.3. The SMILES string of the molecule is Cc1csc(NC(=O)CN2C(=O)CCc3cc(S(=O)(=O)N4CCC(C)CC4)ccc32)n1.